The van der Waals surface area contributed by atoms with Gasteiger partial charge in [-0.1, -0.05) is 24.8 Å². The zero-order chi connectivity index (χ0) is 22.6. The highest BCUT2D eigenvalue weighted by atomic mass is 16.6. The van der Waals surface area contributed by atoms with Crippen LogP contribution in [0.1, 0.15) is 33.6 Å². The van der Waals surface area contributed by atoms with E-state index < -0.39 is 48.1 Å². The van der Waals surface area contributed by atoms with Crippen molar-refractivity contribution in [2.24, 2.45) is 5.92 Å². The van der Waals surface area contributed by atoms with Gasteiger partial charge in [-0.3, -0.25) is 4.79 Å². The average molecular weight is 418 g/mol. The van der Waals surface area contributed by atoms with Crippen LogP contribution in [-0.4, -0.2) is 49.3 Å². The summed E-state index contributed by atoms with van der Waals surface area (Å²) in [5, 5.41) is 0. The summed E-state index contributed by atoms with van der Waals surface area (Å²) >= 11 is 0. The molecule has 30 heavy (non-hydrogen) atoms. The van der Waals surface area contributed by atoms with Crippen molar-refractivity contribution in [1.82, 2.24) is 0 Å². The highest BCUT2D eigenvalue weighted by Gasteiger charge is 2.50. The lowest BCUT2D eigenvalue weighted by Gasteiger charge is -2.33. The molecule has 2 aliphatic rings. The van der Waals surface area contributed by atoms with Gasteiger partial charge in [0.1, 0.15) is 6.10 Å². The molecular formula is C22H26O8. The molecule has 1 heterocycles. The zero-order valence-electron chi connectivity index (χ0n) is 17.6. The number of allylic oxidation sites excluding steroid dienone is 2. The van der Waals surface area contributed by atoms with Gasteiger partial charge in [0.2, 0.25) is 0 Å². The lowest BCUT2D eigenvalue weighted by Crippen LogP contribution is -2.46. The topological polar surface area (TPSA) is 105 Å². The van der Waals surface area contributed by atoms with E-state index in [0.717, 1.165) is 12.5 Å². The first kappa shape index (κ1) is 23.1. The molecule has 0 bridgehead atoms. The third-order valence-electron chi connectivity index (χ3n) is 4.88. The minimum Gasteiger partial charge on any atom is -0.466 e. The summed E-state index contributed by atoms with van der Waals surface area (Å²) in [6, 6.07) is 0. The van der Waals surface area contributed by atoms with Crippen molar-refractivity contribution in [3.8, 4) is 0 Å². The van der Waals surface area contributed by atoms with Crippen molar-refractivity contribution in [3.05, 3.63) is 47.6 Å². The summed E-state index contributed by atoms with van der Waals surface area (Å²) in [6.07, 6.45) is 0.930. The summed E-state index contributed by atoms with van der Waals surface area (Å²) in [5.74, 6) is -3.76. The summed E-state index contributed by atoms with van der Waals surface area (Å²) < 4.78 is 21.3. The maximum atomic E-state index is 12.5. The van der Waals surface area contributed by atoms with E-state index in [1.54, 1.807) is 12.2 Å². The molecule has 2 rings (SSSR count). The first-order valence-electron chi connectivity index (χ1n) is 9.46. The van der Waals surface area contributed by atoms with Crippen LogP contribution in [0.2, 0.25) is 0 Å². The molecule has 162 valence electrons. The predicted molar refractivity (Wildman–Crippen MR) is 106 cm³/mol. The molecule has 8 heteroatoms. The fraction of sp³-hybridized carbons (Fsp3) is 0.455. The van der Waals surface area contributed by atoms with Gasteiger partial charge in [-0.25, -0.2) is 14.4 Å². The van der Waals surface area contributed by atoms with Crippen LogP contribution < -0.4 is 0 Å². The minimum atomic E-state index is -1.33. The van der Waals surface area contributed by atoms with Crippen LogP contribution in [0, 0.1) is 5.92 Å². The highest BCUT2D eigenvalue weighted by Crippen LogP contribution is 2.38. The van der Waals surface area contributed by atoms with Crippen molar-refractivity contribution in [2.45, 2.75) is 51.9 Å². The molecule has 0 aromatic rings. The SMILES string of the molecule is C=C(C)C(=O)O[C@@H]1C(OC(C)=O)/C(C(=O)OC)=C\CC/C(C)=C/[C@H]2OC(=O)C(=C)[C@H]12. The molecule has 1 fully saturated rings. The van der Waals surface area contributed by atoms with Crippen LogP contribution in [0.3, 0.4) is 0 Å². The average Bonchev–Trinajstić information content (AvgIpc) is 2.94. The predicted octanol–water partition coefficient (Wildman–Crippen LogP) is 2.34. The second-order valence-corrected chi connectivity index (χ2v) is 7.30. The molecule has 0 saturated carbocycles. The molecule has 1 aliphatic heterocycles. The summed E-state index contributed by atoms with van der Waals surface area (Å²) in [4.78, 5) is 49.1. The van der Waals surface area contributed by atoms with Crippen molar-refractivity contribution >= 4 is 23.9 Å². The van der Waals surface area contributed by atoms with Gasteiger partial charge < -0.3 is 18.9 Å². The first-order valence-corrected chi connectivity index (χ1v) is 9.46. The van der Waals surface area contributed by atoms with Crippen LogP contribution in [0.25, 0.3) is 0 Å². The number of rotatable bonds is 4. The lowest BCUT2D eigenvalue weighted by atomic mass is 9.83. The van der Waals surface area contributed by atoms with Gasteiger partial charge in [-0.05, 0) is 32.8 Å². The van der Waals surface area contributed by atoms with E-state index in [-0.39, 0.29) is 16.7 Å². The van der Waals surface area contributed by atoms with E-state index in [1.807, 2.05) is 6.92 Å². The summed E-state index contributed by atoms with van der Waals surface area (Å²) in [7, 11) is 1.19. The van der Waals surface area contributed by atoms with Gasteiger partial charge >= 0.3 is 23.9 Å². The molecule has 8 nitrogen and oxygen atoms in total. The molecule has 0 aromatic heterocycles. The normalized spacial score (nSPS) is 29.9. The number of esters is 4. The van der Waals surface area contributed by atoms with Gasteiger partial charge in [0, 0.05) is 18.1 Å². The number of ether oxygens (including phenoxy) is 4. The van der Waals surface area contributed by atoms with Crippen molar-refractivity contribution < 1.29 is 38.1 Å². The third kappa shape index (κ3) is 5.06. The Morgan fingerprint density at radius 1 is 1.20 bits per heavy atom. The Kier molecular flexibility index (Phi) is 7.37. The number of hydrogen-bond acceptors (Lipinski definition) is 8. The highest BCUT2D eigenvalue weighted by molar-refractivity contribution is 5.93. The van der Waals surface area contributed by atoms with E-state index >= 15 is 0 Å². The van der Waals surface area contributed by atoms with Gasteiger partial charge in [0.05, 0.1) is 18.6 Å². The van der Waals surface area contributed by atoms with Crippen molar-refractivity contribution in [2.75, 3.05) is 7.11 Å². The van der Waals surface area contributed by atoms with E-state index in [1.165, 1.54) is 14.0 Å². The second-order valence-electron chi connectivity index (χ2n) is 7.30. The molecule has 0 N–H and O–H groups in total. The van der Waals surface area contributed by atoms with Crippen LogP contribution in [0.5, 0.6) is 0 Å². The van der Waals surface area contributed by atoms with E-state index in [2.05, 4.69) is 13.2 Å². The van der Waals surface area contributed by atoms with Gasteiger partial charge in [0.15, 0.2) is 12.2 Å². The van der Waals surface area contributed by atoms with Crippen LogP contribution in [-0.2, 0) is 38.1 Å². The molecule has 0 amide bonds. The number of hydrogen-bond donors (Lipinski definition) is 0. The molecule has 0 spiro atoms. The number of fused-ring (bicyclic) bond motifs is 1. The Labute approximate surface area is 175 Å². The molecule has 1 saturated heterocycles. The minimum absolute atomic E-state index is 0.00724. The van der Waals surface area contributed by atoms with Gasteiger partial charge in [-0.15, -0.1) is 0 Å². The van der Waals surface area contributed by atoms with E-state index in [4.69, 9.17) is 18.9 Å². The fourth-order valence-electron chi connectivity index (χ4n) is 3.42. The maximum absolute atomic E-state index is 12.5. The number of carbonyl (C=O) groups is 4. The molecular weight excluding hydrogens is 392 g/mol. The molecule has 4 atom stereocenters. The zero-order valence-corrected chi connectivity index (χ0v) is 17.6. The Hall–Kier alpha value is -3.16. The van der Waals surface area contributed by atoms with E-state index in [0.29, 0.717) is 12.8 Å². The fourth-order valence-corrected chi connectivity index (χ4v) is 3.42. The van der Waals surface area contributed by atoms with Crippen molar-refractivity contribution in [1.29, 1.82) is 0 Å². The first-order chi connectivity index (χ1) is 14.1. The van der Waals surface area contributed by atoms with Gasteiger partial charge in [-0.2, -0.15) is 0 Å². The van der Waals surface area contributed by atoms with Crippen LogP contribution in [0.4, 0.5) is 0 Å². The summed E-state index contributed by atoms with van der Waals surface area (Å²) in [6.45, 7) is 11.8. The van der Waals surface area contributed by atoms with E-state index in [9.17, 15) is 19.2 Å². The quantitative estimate of drug-likeness (QED) is 0.296. The molecule has 0 radical (unpaired) electrons. The third-order valence-corrected chi connectivity index (χ3v) is 4.88. The van der Waals surface area contributed by atoms with Gasteiger partial charge in [0.25, 0.3) is 0 Å². The maximum Gasteiger partial charge on any atom is 0.337 e. The Morgan fingerprint density at radius 3 is 2.43 bits per heavy atom. The largest absolute Gasteiger partial charge is 0.466 e. The van der Waals surface area contributed by atoms with Crippen molar-refractivity contribution in [3.63, 3.8) is 0 Å². The van der Waals surface area contributed by atoms with Crippen LogP contribution >= 0.6 is 0 Å². The molecule has 1 aliphatic carbocycles. The Morgan fingerprint density at radius 2 is 1.87 bits per heavy atom. The Balaban J connectivity index is 2.70. The smallest absolute Gasteiger partial charge is 0.337 e. The standard InChI is InChI=1S/C22H26O8/c1-11(2)20(24)30-19-17-13(4)21(25)29-16(17)10-12(3)8-7-9-15(22(26)27-6)18(19)28-14(5)23/h9-10,16-19H,1,4,7-8H2,2-3,5-6H3/b12-10+,15-9+/t16-,17+,18?,19+/m1/s1. The number of carbonyl (C=O) groups excluding carboxylic acids is 4. The molecule has 0 aromatic carbocycles. The number of methoxy groups -OCH3 is 1. The Bertz CT molecular complexity index is 847. The van der Waals surface area contributed by atoms with Crippen LogP contribution in [0.15, 0.2) is 47.6 Å². The molecule has 1 unspecified atom stereocenters. The monoisotopic (exact) mass is 418 g/mol. The second kappa shape index (κ2) is 9.56. The summed E-state index contributed by atoms with van der Waals surface area (Å²) in [5.41, 5.74) is 1.05. The lowest BCUT2D eigenvalue weighted by molar-refractivity contribution is -0.167.